The van der Waals surface area contributed by atoms with Crippen LogP contribution in [0, 0.1) is 11.3 Å². The van der Waals surface area contributed by atoms with E-state index >= 15 is 0 Å². The van der Waals surface area contributed by atoms with Gasteiger partial charge in [0.1, 0.15) is 18.0 Å². The summed E-state index contributed by atoms with van der Waals surface area (Å²) in [6.07, 6.45) is 1.37. The van der Waals surface area contributed by atoms with Gasteiger partial charge in [0.15, 0.2) is 5.78 Å². The zero-order chi connectivity index (χ0) is 15.1. The first-order chi connectivity index (χ1) is 9.27. The predicted octanol–water partition coefficient (Wildman–Crippen LogP) is 0.960. The fourth-order valence-corrected chi connectivity index (χ4v) is 2.80. The third-order valence-electron chi connectivity index (χ3n) is 4.22. The predicted molar refractivity (Wildman–Crippen MR) is 70.7 cm³/mol. The van der Waals surface area contributed by atoms with Gasteiger partial charge in [-0.3, -0.25) is 9.59 Å². The van der Waals surface area contributed by atoms with Crippen LogP contribution in [0.1, 0.15) is 26.7 Å². The van der Waals surface area contributed by atoms with Gasteiger partial charge in [0, 0.05) is 17.9 Å². The van der Waals surface area contributed by atoms with Crippen molar-refractivity contribution in [2.75, 3.05) is 0 Å². The highest BCUT2D eigenvalue weighted by Crippen LogP contribution is 2.43. The summed E-state index contributed by atoms with van der Waals surface area (Å²) in [4.78, 5) is 34.9. The number of carbonyl (C=O) groups is 3. The molecule has 20 heavy (non-hydrogen) atoms. The molecule has 1 heterocycles. The minimum Gasteiger partial charge on any atom is -0.456 e. The van der Waals surface area contributed by atoms with Crippen LogP contribution in [-0.2, 0) is 19.1 Å². The van der Waals surface area contributed by atoms with Gasteiger partial charge < -0.3 is 9.84 Å². The summed E-state index contributed by atoms with van der Waals surface area (Å²) in [5, 5.41) is 10.5. The molecule has 0 aromatic rings. The van der Waals surface area contributed by atoms with E-state index in [0.29, 0.717) is 12.0 Å². The van der Waals surface area contributed by atoms with Crippen LogP contribution >= 0.6 is 0 Å². The van der Waals surface area contributed by atoms with Crippen LogP contribution in [0.4, 0.5) is 0 Å². The molecule has 5 nitrogen and oxygen atoms in total. The number of ketones is 2. The topological polar surface area (TPSA) is 80.7 Å². The number of allylic oxidation sites excluding steroid dienone is 1. The molecule has 1 saturated carbocycles. The number of aliphatic hydroxyl groups is 1. The molecule has 4 unspecified atom stereocenters. The maximum absolute atomic E-state index is 12.3. The Bertz CT molecular complexity index is 518. The number of Topliss-reactive ketones (excluding diaryl/α,β-unsaturated/α-hetero) is 1. The highest BCUT2D eigenvalue weighted by molar-refractivity contribution is 5.94. The smallest absolute Gasteiger partial charge is 0.334 e. The van der Waals surface area contributed by atoms with E-state index in [1.54, 1.807) is 6.92 Å². The molecule has 2 fully saturated rings. The van der Waals surface area contributed by atoms with Gasteiger partial charge in [-0.15, -0.1) is 0 Å². The zero-order valence-electron chi connectivity index (χ0n) is 11.6. The summed E-state index contributed by atoms with van der Waals surface area (Å²) in [7, 11) is 0. The number of rotatable bonds is 2. The Balaban J connectivity index is 2.38. The number of ether oxygens (including phenoxy) is 1. The number of fused-ring (bicyclic) bond motifs is 1. The number of aliphatic hydroxyl groups excluding tert-OH is 1. The van der Waals surface area contributed by atoms with Crippen LogP contribution in [0.2, 0.25) is 0 Å². The van der Waals surface area contributed by atoms with E-state index in [4.69, 9.17) is 4.74 Å². The lowest BCUT2D eigenvalue weighted by atomic mass is 9.77. The molecule has 1 saturated heterocycles. The Hall–Kier alpha value is -1.75. The maximum atomic E-state index is 12.3. The lowest BCUT2D eigenvalue weighted by Crippen LogP contribution is -2.45. The number of hydrogen-bond donors (Lipinski definition) is 1. The first-order valence-electron chi connectivity index (χ1n) is 6.58. The Labute approximate surface area is 117 Å². The van der Waals surface area contributed by atoms with Crippen LogP contribution in [0.15, 0.2) is 24.3 Å². The zero-order valence-corrected chi connectivity index (χ0v) is 11.6. The van der Waals surface area contributed by atoms with E-state index < -0.39 is 23.6 Å². The normalized spacial score (nSPS) is 37.8. The van der Waals surface area contributed by atoms with Crippen molar-refractivity contribution in [3.63, 3.8) is 0 Å². The van der Waals surface area contributed by atoms with Gasteiger partial charge in [-0.1, -0.05) is 12.7 Å². The lowest BCUT2D eigenvalue weighted by molar-refractivity contribution is -0.150. The summed E-state index contributed by atoms with van der Waals surface area (Å²) in [5.41, 5.74) is -0.919. The van der Waals surface area contributed by atoms with Crippen molar-refractivity contribution >= 4 is 17.5 Å². The van der Waals surface area contributed by atoms with Gasteiger partial charge in [-0.05, 0) is 26.3 Å². The molecule has 4 atom stereocenters. The van der Waals surface area contributed by atoms with E-state index in [-0.39, 0.29) is 23.9 Å². The summed E-state index contributed by atoms with van der Waals surface area (Å²) in [6.45, 7) is 6.61. The number of esters is 1. The molecule has 1 N–H and O–H groups in total. The molecule has 0 aromatic heterocycles. The van der Waals surface area contributed by atoms with Gasteiger partial charge in [0.2, 0.25) is 0 Å². The minimum atomic E-state index is -1.23. The molecule has 0 amide bonds. The van der Waals surface area contributed by atoms with Gasteiger partial charge in [-0.2, -0.15) is 0 Å². The van der Waals surface area contributed by atoms with Crippen molar-refractivity contribution < 1.29 is 24.2 Å². The second-order valence-corrected chi connectivity index (χ2v) is 5.64. The standard InChI is InChI=1S/C15H18O5/c1-8(16)6-7-15(3)11(17)5-4-10-9(2)14(19)20-12(10)13(15)18/h6-7,10,12-13,18H,2,4-5H2,1,3H3. The van der Waals surface area contributed by atoms with E-state index in [1.165, 1.54) is 19.1 Å². The highest BCUT2D eigenvalue weighted by Gasteiger charge is 2.53. The maximum Gasteiger partial charge on any atom is 0.334 e. The second kappa shape index (κ2) is 4.98. The lowest BCUT2D eigenvalue weighted by Gasteiger charge is -2.31. The molecule has 1 aliphatic carbocycles. The quantitative estimate of drug-likeness (QED) is 0.601. The largest absolute Gasteiger partial charge is 0.456 e. The van der Waals surface area contributed by atoms with Crippen molar-refractivity contribution in [2.45, 2.75) is 38.9 Å². The van der Waals surface area contributed by atoms with E-state index in [9.17, 15) is 19.5 Å². The molecule has 1 aliphatic heterocycles. The van der Waals surface area contributed by atoms with Gasteiger partial charge in [-0.25, -0.2) is 4.79 Å². The number of carbonyl (C=O) groups excluding carboxylic acids is 3. The summed E-state index contributed by atoms with van der Waals surface area (Å²) in [6, 6.07) is 0. The Morgan fingerprint density at radius 1 is 1.50 bits per heavy atom. The van der Waals surface area contributed by atoms with Crippen LogP contribution in [0.5, 0.6) is 0 Å². The molecule has 2 rings (SSSR count). The fourth-order valence-electron chi connectivity index (χ4n) is 2.80. The van der Waals surface area contributed by atoms with Crippen LogP contribution in [-0.4, -0.2) is 34.9 Å². The Kier molecular flexibility index (Phi) is 3.65. The van der Waals surface area contributed by atoms with E-state index in [2.05, 4.69) is 6.58 Å². The fraction of sp³-hybridized carbons (Fsp3) is 0.533. The molecule has 0 radical (unpaired) electrons. The first kappa shape index (κ1) is 14.7. The first-order valence-corrected chi connectivity index (χ1v) is 6.58. The monoisotopic (exact) mass is 278 g/mol. The average Bonchev–Trinajstić information content (AvgIpc) is 2.63. The van der Waals surface area contributed by atoms with Gasteiger partial charge >= 0.3 is 5.97 Å². The van der Waals surface area contributed by atoms with Crippen LogP contribution in [0.3, 0.4) is 0 Å². The SMILES string of the molecule is C=C1C(=O)OC2C1CCC(=O)C(C)(C=CC(C)=O)C2O. The molecular weight excluding hydrogens is 260 g/mol. The summed E-state index contributed by atoms with van der Waals surface area (Å²) >= 11 is 0. The van der Waals surface area contributed by atoms with Crippen molar-refractivity contribution in [3.05, 3.63) is 24.3 Å². The third-order valence-corrected chi connectivity index (χ3v) is 4.22. The molecule has 108 valence electrons. The van der Waals surface area contributed by atoms with Crippen LogP contribution < -0.4 is 0 Å². The van der Waals surface area contributed by atoms with Crippen molar-refractivity contribution in [2.24, 2.45) is 11.3 Å². The minimum absolute atomic E-state index is 0.166. The molecular formula is C15H18O5. The highest BCUT2D eigenvalue weighted by atomic mass is 16.6. The second-order valence-electron chi connectivity index (χ2n) is 5.64. The van der Waals surface area contributed by atoms with Gasteiger partial charge in [0.25, 0.3) is 0 Å². The molecule has 0 spiro atoms. The van der Waals surface area contributed by atoms with Crippen molar-refractivity contribution in [3.8, 4) is 0 Å². The van der Waals surface area contributed by atoms with Gasteiger partial charge in [0.05, 0.1) is 5.41 Å². The van der Waals surface area contributed by atoms with Crippen molar-refractivity contribution in [1.29, 1.82) is 0 Å². The van der Waals surface area contributed by atoms with E-state index in [0.717, 1.165) is 0 Å². The third kappa shape index (κ3) is 2.22. The molecule has 2 aliphatic rings. The number of hydrogen-bond acceptors (Lipinski definition) is 5. The molecule has 5 heteroatoms. The summed E-state index contributed by atoms with van der Waals surface area (Å²) < 4.78 is 5.16. The molecule has 0 aromatic carbocycles. The summed E-state index contributed by atoms with van der Waals surface area (Å²) in [5.74, 6) is -1.24. The van der Waals surface area contributed by atoms with Crippen LogP contribution in [0.25, 0.3) is 0 Å². The Morgan fingerprint density at radius 2 is 2.15 bits per heavy atom. The average molecular weight is 278 g/mol. The van der Waals surface area contributed by atoms with Crippen molar-refractivity contribution in [1.82, 2.24) is 0 Å². The Morgan fingerprint density at radius 3 is 2.75 bits per heavy atom. The molecule has 0 bridgehead atoms. The van der Waals surface area contributed by atoms with E-state index in [1.807, 2.05) is 0 Å².